The largest absolute Gasteiger partial charge is 0.417 e. The van der Waals surface area contributed by atoms with Gasteiger partial charge in [0.05, 0.1) is 11.0 Å². The molecular weight excluding hydrogens is 395 g/mol. The van der Waals surface area contributed by atoms with Crippen LogP contribution in [0.3, 0.4) is 0 Å². The van der Waals surface area contributed by atoms with Crippen LogP contribution in [0.15, 0.2) is 48.7 Å². The van der Waals surface area contributed by atoms with Crippen LogP contribution in [0.25, 0.3) is 0 Å². The highest BCUT2D eigenvalue weighted by Gasteiger charge is 2.43. The monoisotopic (exact) mass is 419 g/mol. The molecule has 1 unspecified atom stereocenters. The standard InChI is InChI=1S/C22H24F3N3O2/c23-22(24,25)17-6-7-19(26-14-17)28-11-8-18(15-28)27-20(29)21(9-12-30-13-10-21)16-4-2-1-3-5-16/h1-7,14,18H,8-13,15H2,(H,27,29). The summed E-state index contributed by atoms with van der Waals surface area (Å²) in [4.78, 5) is 19.2. The number of alkyl halides is 3. The Hall–Kier alpha value is -2.61. The maximum Gasteiger partial charge on any atom is 0.417 e. The Morgan fingerprint density at radius 1 is 1.13 bits per heavy atom. The van der Waals surface area contributed by atoms with Gasteiger partial charge in [0.25, 0.3) is 0 Å². The van der Waals surface area contributed by atoms with Gasteiger partial charge in [-0.05, 0) is 37.0 Å². The van der Waals surface area contributed by atoms with Gasteiger partial charge < -0.3 is 15.0 Å². The van der Waals surface area contributed by atoms with Crippen molar-refractivity contribution >= 4 is 11.7 Å². The number of benzene rings is 1. The lowest BCUT2D eigenvalue weighted by atomic mass is 9.73. The number of carbonyl (C=O) groups is 1. The van der Waals surface area contributed by atoms with Crippen molar-refractivity contribution in [2.75, 3.05) is 31.2 Å². The summed E-state index contributed by atoms with van der Waals surface area (Å²) in [6.45, 7) is 2.22. The molecule has 8 heteroatoms. The average Bonchev–Trinajstić information content (AvgIpc) is 3.23. The second kappa shape index (κ2) is 8.26. The Morgan fingerprint density at radius 3 is 2.50 bits per heavy atom. The number of hydrogen-bond acceptors (Lipinski definition) is 4. The maximum atomic E-state index is 13.3. The zero-order valence-electron chi connectivity index (χ0n) is 16.5. The summed E-state index contributed by atoms with van der Waals surface area (Å²) in [6, 6.07) is 12.1. The van der Waals surface area contributed by atoms with Crippen LogP contribution < -0.4 is 10.2 Å². The SMILES string of the molecule is O=C(NC1CCN(c2ccc(C(F)(F)F)cn2)C1)C1(c2ccccc2)CCOCC1. The Bertz CT molecular complexity index is 865. The van der Waals surface area contributed by atoms with Gasteiger partial charge in [-0.1, -0.05) is 30.3 Å². The minimum atomic E-state index is -4.40. The molecule has 1 amide bonds. The molecule has 0 bridgehead atoms. The summed E-state index contributed by atoms with van der Waals surface area (Å²) in [7, 11) is 0. The first kappa shape index (κ1) is 20.7. The van der Waals surface area contributed by atoms with E-state index in [4.69, 9.17) is 4.74 Å². The number of halogens is 3. The number of carbonyl (C=O) groups excluding carboxylic acids is 1. The molecule has 1 aromatic carbocycles. The predicted molar refractivity (Wildman–Crippen MR) is 106 cm³/mol. The minimum Gasteiger partial charge on any atom is -0.381 e. The molecule has 30 heavy (non-hydrogen) atoms. The lowest BCUT2D eigenvalue weighted by molar-refractivity contribution is -0.137. The number of ether oxygens (including phenoxy) is 1. The van der Waals surface area contributed by atoms with Crippen LogP contribution in [0.1, 0.15) is 30.4 Å². The third-order valence-electron chi connectivity index (χ3n) is 6.03. The van der Waals surface area contributed by atoms with E-state index in [1.54, 1.807) is 0 Å². The van der Waals surface area contributed by atoms with Crippen molar-refractivity contribution in [2.24, 2.45) is 0 Å². The van der Waals surface area contributed by atoms with Crippen LogP contribution in [-0.2, 0) is 21.1 Å². The minimum absolute atomic E-state index is 0.00997. The van der Waals surface area contributed by atoms with E-state index in [0.717, 1.165) is 24.2 Å². The van der Waals surface area contributed by atoms with Crippen LogP contribution in [-0.4, -0.2) is 43.2 Å². The van der Waals surface area contributed by atoms with Gasteiger partial charge in [0.2, 0.25) is 5.91 Å². The highest BCUT2D eigenvalue weighted by molar-refractivity contribution is 5.88. The number of nitrogens with one attached hydrogen (secondary N) is 1. The van der Waals surface area contributed by atoms with E-state index >= 15 is 0 Å². The first-order chi connectivity index (χ1) is 14.4. The summed E-state index contributed by atoms with van der Waals surface area (Å²) in [5.41, 5.74) is -0.385. The summed E-state index contributed by atoms with van der Waals surface area (Å²) >= 11 is 0. The van der Waals surface area contributed by atoms with Gasteiger partial charge in [-0.15, -0.1) is 0 Å². The molecule has 2 aromatic rings. The second-order valence-corrected chi connectivity index (χ2v) is 7.87. The molecule has 160 valence electrons. The molecule has 0 saturated carbocycles. The van der Waals surface area contributed by atoms with Crippen LogP contribution >= 0.6 is 0 Å². The molecule has 0 spiro atoms. The summed E-state index contributed by atoms with van der Waals surface area (Å²) in [5.74, 6) is 0.479. The number of aromatic nitrogens is 1. The molecular formula is C22H24F3N3O2. The topological polar surface area (TPSA) is 54.5 Å². The van der Waals surface area contributed by atoms with E-state index in [1.165, 1.54) is 6.07 Å². The molecule has 1 N–H and O–H groups in total. The molecule has 0 aliphatic carbocycles. The highest BCUT2D eigenvalue weighted by Crippen LogP contribution is 2.36. The molecule has 5 nitrogen and oxygen atoms in total. The smallest absolute Gasteiger partial charge is 0.381 e. The Labute approximate surface area is 173 Å². The van der Waals surface area contributed by atoms with Crippen LogP contribution in [0, 0.1) is 0 Å². The van der Waals surface area contributed by atoms with Crippen molar-refractivity contribution in [1.82, 2.24) is 10.3 Å². The van der Waals surface area contributed by atoms with E-state index in [2.05, 4.69) is 10.3 Å². The summed E-state index contributed by atoms with van der Waals surface area (Å²) in [5, 5.41) is 3.18. The predicted octanol–water partition coefficient (Wildman–Crippen LogP) is 3.54. The molecule has 4 rings (SSSR count). The second-order valence-electron chi connectivity index (χ2n) is 7.87. The lowest BCUT2D eigenvalue weighted by Crippen LogP contribution is -2.51. The first-order valence-corrected chi connectivity index (χ1v) is 10.1. The average molecular weight is 419 g/mol. The molecule has 3 heterocycles. The number of amides is 1. The quantitative estimate of drug-likeness (QED) is 0.824. The van der Waals surface area contributed by atoms with Gasteiger partial charge in [0, 0.05) is 38.5 Å². The van der Waals surface area contributed by atoms with Gasteiger partial charge in [0.1, 0.15) is 5.82 Å². The molecule has 0 radical (unpaired) electrons. The number of nitrogens with zero attached hydrogens (tertiary/aromatic N) is 2. The fourth-order valence-corrected chi connectivity index (χ4v) is 4.27. The van der Waals surface area contributed by atoms with Crippen molar-refractivity contribution < 1.29 is 22.7 Å². The highest BCUT2D eigenvalue weighted by atomic mass is 19.4. The summed E-state index contributed by atoms with van der Waals surface area (Å²) in [6.07, 6.45) is -1.58. The van der Waals surface area contributed by atoms with Gasteiger partial charge in [-0.25, -0.2) is 4.98 Å². The first-order valence-electron chi connectivity index (χ1n) is 10.1. The van der Waals surface area contributed by atoms with Crippen molar-refractivity contribution in [2.45, 2.75) is 36.9 Å². The van der Waals surface area contributed by atoms with E-state index in [9.17, 15) is 18.0 Å². The number of pyridine rings is 1. The van der Waals surface area contributed by atoms with Gasteiger partial charge in [0.15, 0.2) is 0 Å². The van der Waals surface area contributed by atoms with E-state index < -0.39 is 17.2 Å². The van der Waals surface area contributed by atoms with Crippen molar-refractivity contribution in [3.8, 4) is 0 Å². The number of hydrogen-bond donors (Lipinski definition) is 1. The van der Waals surface area contributed by atoms with Gasteiger partial charge in [-0.3, -0.25) is 4.79 Å². The maximum absolute atomic E-state index is 13.3. The lowest BCUT2D eigenvalue weighted by Gasteiger charge is -2.37. The molecule has 2 saturated heterocycles. The molecule has 2 aliphatic heterocycles. The summed E-state index contributed by atoms with van der Waals surface area (Å²) < 4.78 is 43.7. The Balaban J connectivity index is 1.44. The fraction of sp³-hybridized carbons (Fsp3) is 0.455. The Morgan fingerprint density at radius 2 is 1.87 bits per heavy atom. The molecule has 2 fully saturated rings. The van der Waals surface area contributed by atoms with Crippen LogP contribution in [0.5, 0.6) is 0 Å². The van der Waals surface area contributed by atoms with Gasteiger partial charge in [-0.2, -0.15) is 13.2 Å². The molecule has 2 aliphatic rings. The van der Waals surface area contributed by atoms with Crippen molar-refractivity contribution in [3.05, 3.63) is 59.8 Å². The van der Waals surface area contributed by atoms with Crippen molar-refractivity contribution in [3.63, 3.8) is 0 Å². The van der Waals surface area contributed by atoms with Gasteiger partial charge >= 0.3 is 6.18 Å². The number of rotatable bonds is 4. The Kier molecular flexibility index (Phi) is 5.69. The molecule has 1 aromatic heterocycles. The fourth-order valence-electron chi connectivity index (χ4n) is 4.27. The number of anilines is 1. The van der Waals surface area contributed by atoms with Crippen LogP contribution in [0.2, 0.25) is 0 Å². The van der Waals surface area contributed by atoms with E-state index in [1.807, 2.05) is 35.2 Å². The molecule has 1 atom stereocenters. The van der Waals surface area contributed by atoms with E-state index in [0.29, 0.717) is 45.0 Å². The van der Waals surface area contributed by atoms with E-state index in [-0.39, 0.29) is 11.9 Å². The van der Waals surface area contributed by atoms with Crippen LogP contribution in [0.4, 0.5) is 19.0 Å². The third kappa shape index (κ3) is 4.14. The van der Waals surface area contributed by atoms with Crippen molar-refractivity contribution in [1.29, 1.82) is 0 Å². The normalized spacial score (nSPS) is 21.4. The zero-order valence-corrected chi connectivity index (χ0v) is 16.5. The third-order valence-corrected chi connectivity index (χ3v) is 6.03. The zero-order chi connectivity index (χ0) is 21.2.